The lowest BCUT2D eigenvalue weighted by Gasteiger charge is -2.29. The van der Waals surface area contributed by atoms with E-state index in [1.807, 2.05) is 0 Å². The molecule has 0 amide bonds. The summed E-state index contributed by atoms with van der Waals surface area (Å²) in [5, 5.41) is 3.46. The first-order chi connectivity index (χ1) is 7.25. The van der Waals surface area contributed by atoms with Gasteiger partial charge in [-0.3, -0.25) is 0 Å². The molecule has 1 nitrogen and oxygen atoms in total. The number of benzene rings is 1. The Bertz CT molecular complexity index is 319. The van der Waals surface area contributed by atoms with Crippen LogP contribution in [0.3, 0.4) is 0 Å². The van der Waals surface area contributed by atoms with Gasteiger partial charge in [-0.05, 0) is 50.3 Å². The van der Waals surface area contributed by atoms with Crippen LogP contribution < -0.4 is 5.32 Å². The summed E-state index contributed by atoms with van der Waals surface area (Å²) in [6, 6.07) is 8.95. The van der Waals surface area contributed by atoms with E-state index in [0.29, 0.717) is 0 Å². The van der Waals surface area contributed by atoms with Crippen LogP contribution in [0.2, 0.25) is 0 Å². The molecule has 1 aromatic rings. The second kappa shape index (κ2) is 4.80. The van der Waals surface area contributed by atoms with Crippen LogP contribution in [0.25, 0.3) is 0 Å². The van der Waals surface area contributed by atoms with Crippen molar-refractivity contribution >= 4 is 0 Å². The Hall–Kier alpha value is -0.820. The molecule has 1 heteroatoms. The average molecular weight is 203 g/mol. The molecule has 2 unspecified atom stereocenters. The third kappa shape index (κ3) is 2.82. The van der Waals surface area contributed by atoms with Crippen molar-refractivity contribution in [3.8, 4) is 0 Å². The van der Waals surface area contributed by atoms with E-state index in [1.54, 1.807) is 0 Å². The Balaban J connectivity index is 2.01. The van der Waals surface area contributed by atoms with Crippen molar-refractivity contribution in [2.75, 3.05) is 13.1 Å². The zero-order chi connectivity index (χ0) is 10.7. The number of rotatable bonds is 2. The average Bonchev–Trinajstić information content (AvgIpc) is 2.22. The molecule has 1 heterocycles. The molecule has 0 saturated carbocycles. The van der Waals surface area contributed by atoms with E-state index in [1.165, 1.54) is 37.1 Å². The monoisotopic (exact) mass is 203 g/mol. The lowest BCUT2D eigenvalue weighted by Crippen LogP contribution is -2.35. The molecule has 0 bridgehead atoms. The Labute approximate surface area is 92.9 Å². The van der Waals surface area contributed by atoms with Gasteiger partial charge in [0.15, 0.2) is 0 Å². The van der Waals surface area contributed by atoms with Crippen LogP contribution in [-0.4, -0.2) is 13.1 Å². The molecule has 1 saturated heterocycles. The van der Waals surface area contributed by atoms with Crippen molar-refractivity contribution < 1.29 is 0 Å². The first-order valence-electron chi connectivity index (χ1n) is 6.02. The molecule has 0 aromatic heterocycles. The molecule has 2 atom stereocenters. The Morgan fingerprint density at radius 3 is 3.00 bits per heavy atom. The van der Waals surface area contributed by atoms with Gasteiger partial charge < -0.3 is 5.32 Å². The zero-order valence-corrected chi connectivity index (χ0v) is 9.79. The SMILES string of the molecule is Cc1cccc(CC2CCNCC2C)c1. The minimum Gasteiger partial charge on any atom is -0.316 e. The van der Waals surface area contributed by atoms with E-state index in [2.05, 4.69) is 43.4 Å². The highest BCUT2D eigenvalue weighted by Crippen LogP contribution is 2.23. The van der Waals surface area contributed by atoms with Gasteiger partial charge in [-0.15, -0.1) is 0 Å². The molecule has 0 spiro atoms. The quantitative estimate of drug-likeness (QED) is 0.779. The summed E-state index contributed by atoms with van der Waals surface area (Å²) in [4.78, 5) is 0. The Kier molecular flexibility index (Phi) is 3.42. The van der Waals surface area contributed by atoms with E-state index in [4.69, 9.17) is 0 Å². The molecule has 0 radical (unpaired) electrons. The maximum Gasteiger partial charge on any atom is -0.00204 e. The minimum atomic E-state index is 0.819. The standard InChI is InChI=1S/C14H21N/c1-11-4-3-5-13(8-11)9-14-6-7-15-10-12(14)2/h3-5,8,12,14-15H,6-7,9-10H2,1-2H3. The van der Waals surface area contributed by atoms with Crippen LogP contribution in [0.4, 0.5) is 0 Å². The van der Waals surface area contributed by atoms with Gasteiger partial charge in [-0.2, -0.15) is 0 Å². The smallest absolute Gasteiger partial charge is 0.00204 e. The van der Waals surface area contributed by atoms with Crippen LogP contribution in [-0.2, 0) is 6.42 Å². The highest BCUT2D eigenvalue weighted by molar-refractivity contribution is 5.22. The summed E-state index contributed by atoms with van der Waals surface area (Å²) >= 11 is 0. The van der Waals surface area contributed by atoms with Crippen LogP contribution in [0.15, 0.2) is 24.3 Å². The first-order valence-corrected chi connectivity index (χ1v) is 6.02. The molecule has 82 valence electrons. The maximum atomic E-state index is 3.46. The highest BCUT2D eigenvalue weighted by atomic mass is 14.9. The van der Waals surface area contributed by atoms with Gasteiger partial charge in [-0.25, -0.2) is 0 Å². The van der Waals surface area contributed by atoms with Gasteiger partial charge in [-0.1, -0.05) is 36.8 Å². The molecular weight excluding hydrogens is 182 g/mol. The molecule has 1 N–H and O–H groups in total. The highest BCUT2D eigenvalue weighted by Gasteiger charge is 2.20. The third-order valence-corrected chi connectivity index (χ3v) is 3.54. The summed E-state index contributed by atoms with van der Waals surface area (Å²) in [5.74, 6) is 1.69. The van der Waals surface area contributed by atoms with Crippen molar-refractivity contribution in [2.24, 2.45) is 11.8 Å². The second-order valence-corrected chi connectivity index (χ2v) is 4.92. The van der Waals surface area contributed by atoms with E-state index >= 15 is 0 Å². The fraction of sp³-hybridized carbons (Fsp3) is 0.571. The Morgan fingerprint density at radius 1 is 1.40 bits per heavy atom. The zero-order valence-electron chi connectivity index (χ0n) is 9.79. The first kappa shape index (κ1) is 10.7. The van der Waals surface area contributed by atoms with Crippen LogP contribution in [0, 0.1) is 18.8 Å². The van der Waals surface area contributed by atoms with Gasteiger partial charge in [0.05, 0.1) is 0 Å². The fourth-order valence-corrected chi connectivity index (χ4v) is 2.51. The van der Waals surface area contributed by atoms with Crippen molar-refractivity contribution in [2.45, 2.75) is 26.7 Å². The van der Waals surface area contributed by atoms with Crippen molar-refractivity contribution in [3.63, 3.8) is 0 Å². The van der Waals surface area contributed by atoms with Gasteiger partial charge in [0, 0.05) is 0 Å². The van der Waals surface area contributed by atoms with E-state index in [-0.39, 0.29) is 0 Å². The summed E-state index contributed by atoms with van der Waals surface area (Å²) in [6.07, 6.45) is 2.58. The largest absolute Gasteiger partial charge is 0.316 e. The molecule has 1 aromatic carbocycles. The number of nitrogens with one attached hydrogen (secondary N) is 1. The molecule has 1 fully saturated rings. The van der Waals surface area contributed by atoms with E-state index in [0.717, 1.165) is 11.8 Å². The second-order valence-electron chi connectivity index (χ2n) is 4.92. The van der Waals surface area contributed by atoms with E-state index < -0.39 is 0 Å². The topological polar surface area (TPSA) is 12.0 Å². The molecule has 2 rings (SSSR count). The summed E-state index contributed by atoms with van der Waals surface area (Å²) in [6.45, 7) is 6.93. The van der Waals surface area contributed by atoms with Crippen LogP contribution in [0.5, 0.6) is 0 Å². The van der Waals surface area contributed by atoms with Crippen LogP contribution >= 0.6 is 0 Å². The lowest BCUT2D eigenvalue weighted by atomic mass is 9.83. The Morgan fingerprint density at radius 2 is 2.27 bits per heavy atom. The van der Waals surface area contributed by atoms with Gasteiger partial charge in [0.2, 0.25) is 0 Å². The fourth-order valence-electron chi connectivity index (χ4n) is 2.51. The molecule has 1 aliphatic heterocycles. The number of aryl methyl sites for hydroxylation is 1. The number of hydrogen-bond acceptors (Lipinski definition) is 1. The minimum absolute atomic E-state index is 0.819. The number of hydrogen-bond donors (Lipinski definition) is 1. The van der Waals surface area contributed by atoms with Crippen LogP contribution in [0.1, 0.15) is 24.5 Å². The van der Waals surface area contributed by atoms with Gasteiger partial charge in [0.25, 0.3) is 0 Å². The molecular formula is C14H21N. The predicted molar refractivity (Wildman–Crippen MR) is 65.0 cm³/mol. The maximum absolute atomic E-state index is 3.46. The summed E-state index contributed by atoms with van der Waals surface area (Å²) < 4.78 is 0. The lowest BCUT2D eigenvalue weighted by molar-refractivity contribution is 0.272. The van der Waals surface area contributed by atoms with Crippen molar-refractivity contribution in [1.29, 1.82) is 0 Å². The predicted octanol–water partition coefficient (Wildman–Crippen LogP) is 2.78. The third-order valence-electron chi connectivity index (χ3n) is 3.54. The van der Waals surface area contributed by atoms with Gasteiger partial charge in [0.1, 0.15) is 0 Å². The summed E-state index contributed by atoms with van der Waals surface area (Å²) in [7, 11) is 0. The van der Waals surface area contributed by atoms with Crippen molar-refractivity contribution in [1.82, 2.24) is 5.32 Å². The van der Waals surface area contributed by atoms with E-state index in [9.17, 15) is 0 Å². The molecule has 1 aliphatic rings. The molecule has 15 heavy (non-hydrogen) atoms. The van der Waals surface area contributed by atoms with Crippen molar-refractivity contribution in [3.05, 3.63) is 35.4 Å². The molecule has 0 aliphatic carbocycles. The summed E-state index contributed by atoms with van der Waals surface area (Å²) in [5.41, 5.74) is 2.89. The normalized spacial score (nSPS) is 26.5. The van der Waals surface area contributed by atoms with Gasteiger partial charge >= 0.3 is 0 Å². The number of piperidine rings is 1.